The molecule has 0 aliphatic rings. The molecule has 0 aliphatic carbocycles. The first kappa shape index (κ1) is 14.0. The Morgan fingerprint density at radius 1 is 1.35 bits per heavy atom. The second-order valence-electron chi connectivity index (χ2n) is 4.54. The third kappa shape index (κ3) is 3.73. The lowest BCUT2D eigenvalue weighted by atomic mass is 9.84. The molecule has 0 aromatic heterocycles. The first-order chi connectivity index (χ1) is 8.01. The molecular weight excluding hydrogens is 278 g/mol. The van der Waals surface area contributed by atoms with Crippen LogP contribution in [0.4, 0.5) is 0 Å². The third-order valence-electron chi connectivity index (χ3n) is 2.76. The average molecular weight is 298 g/mol. The molecule has 0 spiro atoms. The molecule has 0 aliphatic heterocycles. The van der Waals surface area contributed by atoms with Crippen LogP contribution >= 0.6 is 15.9 Å². The Balaban J connectivity index is 2.79. The van der Waals surface area contributed by atoms with E-state index in [2.05, 4.69) is 63.6 Å². The van der Waals surface area contributed by atoms with Crippen molar-refractivity contribution < 1.29 is 0 Å². The summed E-state index contributed by atoms with van der Waals surface area (Å²) in [6.45, 7) is 5.25. The zero-order valence-corrected chi connectivity index (χ0v) is 12.4. The van der Waals surface area contributed by atoms with Crippen molar-refractivity contribution in [3.05, 3.63) is 34.3 Å². The van der Waals surface area contributed by atoms with Crippen LogP contribution in [-0.2, 0) is 5.41 Å². The highest BCUT2D eigenvalue weighted by atomic mass is 79.9. The van der Waals surface area contributed by atoms with Gasteiger partial charge in [0, 0.05) is 30.5 Å². The maximum Gasteiger partial charge on any atom is 0.190 e. The zero-order valence-electron chi connectivity index (χ0n) is 10.8. The van der Waals surface area contributed by atoms with Gasteiger partial charge in [0.1, 0.15) is 0 Å². The molecule has 0 unspecified atom stereocenters. The Morgan fingerprint density at radius 2 is 2.00 bits per heavy atom. The Hall–Kier alpha value is -1.03. The summed E-state index contributed by atoms with van der Waals surface area (Å²) in [4.78, 5) is 4.11. The van der Waals surface area contributed by atoms with Crippen molar-refractivity contribution in [2.45, 2.75) is 19.3 Å². The van der Waals surface area contributed by atoms with E-state index in [9.17, 15) is 0 Å². The predicted octanol–water partition coefficient (Wildman–Crippen LogP) is 2.52. The molecule has 0 atom stereocenters. The summed E-state index contributed by atoms with van der Waals surface area (Å²) in [6.07, 6.45) is 0. The zero-order chi connectivity index (χ0) is 12.9. The van der Waals surface area contributed by atoms with Gasteiger partial charge in [-0.3, -0.25) is 4.99 Å². The van der Waals surface area contributed by atoms with Gasteiger partial charge in [0.15, 0.2) is 5.96 Å². The number of halogens is 1. The molecule has 1 aromatic rings. The summed E-state index contributed by atoms with van der Waals surface area (Å²) >= 11 is 3.60. The minimum absolute atomic E-state index is 0.0346. The number of hydrogen-bond donors (Lipinski definition) is 2. The minimum Gasteiger partial charge on any atom is -0.359 e. The number of hydrogen-bond acceptors (Lipinski definition) is 1. The van der Waals surface area contributed by atoms with Gasteiger partial charge in [-0.05, 0) is 11.6 Å². The van der Waals surface area contributed by atoms with Crippen LogP contribution < -0.4 is 10.6 Å². The van der Waals surface area contributed by atoms with Gasteiger partial charge in [0.05, 0.1) is 0 Å². The van der Waals surface area contributed by atoms with E-state index in [0.717, 1.165) is 17.0 Å². The van der Waals surface area contributed by atoms with Crippen molar-refractivity contribution in [3.8, 4) is 0 Å². The Bertz CT molecular complexity index is 399. The molecule has 17 heavy (non-hydrogen) atoms. The smallest absolute Gasteiger partial charge is 0.190 e. The van der Waals surface area contributed by atoms with Gasteiger partial charge in [-0.2, -0.15) is 0 Å². The maximum absolute atomic E-state index is 4.11. The predicted molar refractivity (Wildman–Crippen MR) is 77.6 cm³/mol. The quantitative estimate of drug-likeness (QED) is 0.664. The van der Waals surface area contributed by atoms with Crippen LogP contribution in [0.1, 0.15) is 19.4 Å². The first-order valence-corrected chi connectivity index (χ1v) is 6.44. The Labute approximate surface area is 112 Å². The molecule has 0 saturated carbocycles. The van der Waals surface area contributed by atoms with Crippen molar-refractivity contribution >= 4 is 21.9 Å². The lowest BCUT2D eigenvalue weighted by Crippen LogP contribution is -2.42. The number of benzene rings is 1. The van der Waals surface area contributed by atoms with Crippen molar-refractivity contribution in [1.82, 2.24) is 10.6 Å². The molecule has 0 bridgehead atoms. The van der Waals surface area contributed by atoms with Crippen molar-refractivity contribution in [2.75, 3.05) is 20.6 Å². The lowest BCUT2D eigenvalue weighted by Gasteiger charge is -2.27. The molecule has 0 radical (unpaired) electrons. The third-order valence-corrected chi connectivity index (χ3v) is 3.45. The molecule has 0 heterocycles. The van der Waals surface area contributed by atoms with Gasteiger partial charge in [-0.25, -0.2) is 0 Å². The van der Waals surface area contributed by atoms with E-state index in [4.69, 9.17) is 0 Å². The Kier molecular flexibility index (Phi) is 5.00. The van der Waals surface area contributed by atoms with E-state index in [-0.39, 0.29) is 5.41 Å². The highest BCUT2D eigenvalue weighted by molar-refractivity contribution is 9.10. The molecule has 1 rings (SSSR count). The van der Waals surface area contributed by atoms with E-state index in [0.29, 0.717) is 0 Å². The highest BCUT2D eigenvalue weighted by Gasteiger charge is 2.22. The van der Waals surface area contributed by atoms with Gasteiger partial charge >= 0.3 is 0 Å². The SMILES string of the molecule is CN=C(NC)NCC(C)(C)c1ccccc1Br. The van der Waals surface area contributed by atoms with Crippen LogP contribution in [0.5, 0.6) is 0 Å². The Morgan fingerprint density at radius 3 is 2.53 bits per heavy atom. The van der Waals surface area contributed by atoms with Crippen LogP contribution in [0.25, 0.3) is 0 Å². The van der Waals surface area contributed by atoms with Crippen LogP contribution in [0.15, 0.2) is 33.7 Å². The van der Waals surface area contributed by atoms with Crippen LogP contribution in [0, 0.1) is 0 Å². The van der Waals surface area contributed by atoms with Crippen molar-refractivity contribution in [1.29, 1.82) is 0 Å². The van der Waals surface area contributed by atoms with Gasteiger partial charge < -0.3 is 10.6 Å². The number of rotatable bonds is 3. The van der Waals surface area contributed by atoms with Crippen LogP contribution in [0.3, 0.4) is 0 Å². The topological polar surface area (TPSA) is 36.4 Å². The summed E-state index contributed by atoms with van der Waals surface area (Å²) in [6, 6.07) is 8.32. The molecule has 0 amide bonds. The second-order valence-corrected chi connectivity index (χ2v) is 5.39. The first-order valence-electron chi connectivity index (χ1n) is 5.64. The normalized spacial score (nSPS) is 12.4. The molecule has 2 N–H and O–H groups in total. The molecule has 4 heteroatoms. The van der Waals surface area contributed by atoms with Crippen molar-refractivity contribution in [2.24, 2.45) is 4.99 Å². The van der Waals surface area contributed by atoms with Crippen LogP contribution in [0.2, 0.25) is 0 Å². The van der Waals surface area contributed by atoms with Gasteiger partial charge in [0.25, 0.3) is 0 Å². The summed E-state index contributed by atoms with van der Waals surface area (Å²) in [7, 11) is 3.63. The van der Waals surface area contributed by atoms with Gasteiger partial charge in [-0.15, -0.1) is 0 Å². The van der Waals surface area contributed by atoms with Crippen molar-refractivity contribution in [3.63, 3.8) is 0 Å². The highest BCUT2D eigenvalue weighted by Crippen LogP contribution is 2.29. The van der Waals surface area contributed by atoms with Gasteiger partial charge in [0.2, 0.25) is 0 Å². The fourth-order valence-corrected chi connectivity index (χ4v) is 2.51. The molecular formula is C13H20BrN3. The second kappa shape index (κ2) is 6.05. The lowest BCUT2D eigenvalue weighted by molar-refractivity contribution is 0.508. The molecule has 1 aromatic carbocycles. The number of nitrogens with zero attached hydrogens (tertiary/aromatic N) is 1. The van der Waals surface area contributed by atoms with Crippen LogP contribution in [-0.4, -0.2) is 26.6 Å². The fraction of sp³-hybridized carbons (Fsp3) is 0.462. The standard InChI is InChI=1S/C13H20BrN3/c1-13(2,9-17-12(15-3)16-4)10-7-5-6-8-11(10)14/h5-8H,9H2,1-4H3,(H2,15,16,17). The maximum atomic E-state index is 4.11. The number of nitrogens with one attached hydrogen (secondary N) is 2. The largest absolute Gasteiger partial charge is 0.359 e. The summed E-state index contributed by atoms with van der Waals surface area (Å²) in [5.41, 5.74) is 1.33. The van der Waals surface area contributed by atoms with E-state index < -0.39 is 0 Å². The van der Waals surface area contributed by atoms with Gasteiger partial charge in [-0.1, -0.05) is 48.0 Å². The van der Waals surface area contributed by atoms with E-state index in [1.807, 2.05) is 13.1 Å². The number of aliphatic imine (C=N–C) groups is 1. The average Bonchev–Trinajstić information content (AvgIpc) is 2.30. The molecule has 94 valence electrons. The fourth-order valence-electron chi connectivity index (χ4n) is 1.69. The number of guanidine groups is 1. The minimum atomic E-state index is 0.0346. The molecule has 3 nitrogen and oxygen atoms in total. The van der Waals surface area contributed by atoms with E-state index >= 15 is 0 Å². The monoisotopic (exact) mass is 297 g/mol. The van der Waals surface area contributed by atoms with E-state index in [1.165, 1.54) is 5.56 Å². The van der Waals surface area contributed by atoms with E-state index in [1.54, 1.807) is 7.05 Å². The molecule has 0 fully saturated rings. The summed E-state index contributed by atoms with van der Waals surface area (Å²) in [5.74, 6) is 0.810. The summed E-state index contributed by atoms with van der Waals surface area (Å²) in [5, 5.41) is 6.32. The summed E-state index contributed by atoms with van der Waals surface area (Å²) < 4.78 is 1.14. The molecule has 0 saturated heterocycles.